The monoisotopic (exact) mass is 1380 g/mol. The summed E-state index contributed by atoms with van der Waals surface area (Å²) < 4.78 is 23.0. The highest BCUT2D eigenvalue weighted by Crippen LogP contribution is 2.18. The molecule has 99 heavy (non-hydrogen) atoms. The maximum absolute atomic E-state index is 13.0. The highest BCUT2D eigenvalue weighted by molar-refractivity contribution is 5.71. The number of carboxylic acids is 1. The van der Waals surface area contributed by atoms with Crippen LogP contribution in [-0.2, 0) is 33.3 Å². The summed E-state index contributed by atoms with van der Waals surface area (Å²) >= 11 is 0. The zero-order valence-corrected chi connectivity index (χ0v) is 64.6. The van der Waals surface area contributed by atoms with Gasteiger partial charge in [-0.2, -0.15) is 0 Å². The Morgan fingerprint density at radius 3 is 0.808 bits per heavy atom. The summed E-state index contributed by atoms with van der Waals surface area (Å²) in [4.78, 5) is 37.7. The molecule has 0 aliphatic heterocycles. The molecule has 0 saturated heterocycles. The molecule has 564 valence electrons. The highest BCUT2D eigenvalue weighted by Gasteiger charge is 2.25. The largest absolute Gasteiger partial charge is 0.477 e. The lowest BCUT2D eigenvalue weighted by Gasteiger charge is -2.25. The SMILES string of the molecule is CC/C=C\C/C=C\C/C=C\C/C=C\C/C=C\C/C=C\C/C=C\C/C=C\C/C=C\CCCCCCCC(=O)OC(COC(=O)CCCCCCCCCCCCCCCCCCCCCCCCCCCCCC/C=C\C/C=C\C/C=C\C/C=C\CC)COC(OCC[N+](C)(C)C)C(=O)O. The molecule has 0 aromatic carbocycles. The van der Waals surface area contributed by atoms with Gasteiger partial charge in [-0.25, -0.2) is 4.79 Å². The van der Waals surface area contributed by atoms with Gasteiger partial charge in [0.2, 0.25) is 0 Å². The van der Waals surface area contributed by atoms with E-state index in [9.17, 15) is 19.5 Å². The van der Waals surface area contributed by atoms with Crippen LogP contribution in [-0.4, -0.2) is 87.4 Å². The zero-order chi connectivity index (χ0) is 71.8. The fourth-order valence-corrected chi connectivity index (χ4v) is 11.2. The number of carboxylic acid groups (broad SMARTS) is 1. The van der Waals surface area contributed by atoms with Gasteiger partial charge >= 0.3 is 17.9 Å². The van der Waals surface area contributed by atoms with Crippen LogP contribution >= 0.6 is 0 Å². The third-order valence-electron chi connectivity index (χ3n) is 17.3. The number of nitrogens with zero attached hydrogens (tertiary/aromatic N) is 1. The Hall–Kier alpha value is -5.09. The minimum Gasteiger partial charge on any atom is -0.477 e. The number of hydrogen-bond acceptors (Lipinski definition) is 7. The molecule has 0 aliphatic carbocycles. The molecule has 2 unspecified atom stereocenters. The van der Waals surface area contributed by atoms with Crippen LogP contribution in [0.1, 0.15) is 335 Å². The van der Waals surface area contributed by atoms with Crippen molar-refractivity contribution in [3.05, 3.63) is 158 Å². The smallest absolute Gasteiger partial charge is 0.361 e. The van der Waals surface area contributed by atoms with E-state index >= 15 is 0 Å². The van der Waals surface area contributed by atoms with Crippen LogP contribution in [0.5, 0.6) is 0 Å². The first kappa shape index (κ1) is 93.9. The third-order valence-corrected chi connectivity index (χ3v) is 17.3. The van der Waals surface area contributed by atoms with Gasteiger partial charge in [0.25, 0.3) is 6.29 Å². The van der Waals surface area contributed by atoms with E-state index in [-0.39, 0.29) is 32.2 Å². The fraction of sp³-hybridized carbons (Fsp3) is 0.678. The summed E-state index contributed by atoms with van der Waals surface area (Å²) in [6.45, 7) is 4.64. The van der Waals surface area contributed by atoms with E-state index in [2.05, 4.69) is 172 Å². The lowest BCUT2D eigenvalue weighted by atomic mass is 10.0. The number of likely N-dealkylation sites (N-methyl/N-ethyl adjacent to an activating group) is 1. The van der Waals surface area contributed by atoms with Gasteiger partial charge < -0.3 is 28.5 Å². The maximum Gasteiger partial charge on any atom is 0.361 e. The van der Waals surface area contributed by atoms with Gasteiger partial charge in [-0.05, 0) is 122 Å². The molecular weight excluding hydrogens is 1220 g/mol. The first-order valence-electron chi connectivity index (χ1n) is 40.6. The van der Waals surface area contributed by atoms with E-state index in [0.717, 1.165) is 135 Å². The Kier molecular flexibility index (Phi) is 74.6. The van der Waals surface area contributed by atoms with E-state index in [4.69, 9.17) is 18.9 Å². The van der Waals surface area contributed by atoms with Crippen molar-refractivity contribution in [3.8, 4) is 0 Å². The van der Waals surface area contributed by atoms with E-state index in [1.54, 1.807) is 0 Å². The summed E-state index contributed by atoms with van der Waals surface area (Å²) in [5.41, 5.74) is 0. The second kappa shape index (κ2) is 78.6. The molecule has 0 aromatic rings. The summed E-state index contributed by atoms with van der Waals surface area (Å²) in [5.74, 6) is -2.03. The molecule has 0 aliphatic rings. The predicted molar refractivity (Wildman–Crippen MR) is 428 cm³/mol. The molecule has 9 nitrogen and oxygen atoms in total. The summed E-state index contributed by atoms with van der Waals surface area (Å²) in [7, 11) is 5.97. The Labute approximate surface area is 610 Å². The van der Waals surface area contributed by atoms with Crippen LogP contribution in [0.25, 0.3) is 0 Å². The van der Waals surface area contributed by atoms with Crippen LogP contribution in [0.4, 0.5) is 0 Å². The minimum atomic E-state index is -1.53. The molecule has 2 atom stereocenters. The predicted octanol–water partition coefficient (Wildman–Crippen LogP) is 26.4. The van der Waals surface area contributed by atoms with E-state index < -0.39 is 24.3 Å². The van der Waals surface area contributed by atoms with Crippen LogP contribution in [0.3, 0.4) is 0 Å². The molecule has 0 aromatic heterocycles. The van der Waals surface area contributed by atoms with Crippen molar-refractivity contribution in [2.24, 2.45) is 0 Å². The highest BCUT2D eigenvalue weighted by atomic mass is 16.7. The van der Waals surface area contributed by atoms with E-state index in [1.807, 2.05) is 21.1 Å². The van der Waals surface area contributed by atoms with Gasteiger partial charge in [0.1, 0.15) is 13.2 Å². The standard InChI is InChI=1S/C90H151NO8/c1-6-8-10-12-14-16-18-20-22-24-26-28-30-32-34-36-38-40-41-42-43-44-45-46-47-49-50-52-54-56-58-60-62-64-66-68-70-72-74-76-78-80-87(92)97-84-86(85-98-90(89(94)95)96-83-82-91(3,4)5)99-88(93)81-79-77-75-73-71-69-67-65-63-61-59-57-55-53-51-48-39-37-35-33-31-29-27-25-23-21-19-17-15-13-11-9-7-2/h8-11,14-17,20-23,26-29,33,35,39,48,53,55,59,61,65,67,86,90H,6-7,12-13,18-19,24-25,30-32,34,36-38,40-47,49-52,54,56-58,60,62-64,66,68-85H2,1-5H3/p+1/b10-8-,11-9-,16-14-,17-15-,22-20-,23-21-,28-26-,29-27-,35-33-,48-39-,55-53-,61-59-,67-65-. The number of ether oxygens (including phenoxy) is 4. The Morgan fingerprint density at radius 2 is 0.545 bits per heavy atom. The van der Waals surface area contributed by atoms with E-state index in [1.165, 1.54) is 167 Å². The molecule has 0 bridgehead atoms. The number of allylic oxidation sites excluding steroid dienone is 26. The average molecular weight is 1380 g/mol. The van der Waals surface area contributed by atoms with Gasteiger partial charge in [-0.15, -0.1) is 0 Å². The summed E-state index contributed by atoms with van der Waals surface area (Å²) in [6, 6.07) is 0. The molecule has 0 heterocycles. The van der Waals surface area contributed by atoms with Gasteiger partial charge in [0.05, 0.1) is 34.4 Å². The number of hydrogen-bond donors (Lipinski definition) is 1. The quantitative estimate of drug-likeness (QED) is 0.0211. The van der Waals surface area contributed by atoms with Crippen molar-refractivity contribution in [2.75, 3.05) is 47.5 Å². The molecule has 0 saturated carbocycles. The number of carbonyl (C=O) groups is 3. The second-order valence-corrected chi connectivity index (χ2v) is 28.0. The Balaban J connectivity index is 4.05. The molecule has 0 rings (SSSR count). The molecule has 1 N–H and O–H groups in total. The number of quaternary nitrogens is 1. The Bertz CT molecular complexity index is 2200. The Morgan fingerprint density at radius 1 is 0.303 bits per heavy atom. The van der Waals surface area contributed by atoms with Crippen LogP contribution < -0.4 is 0 Å². The number of unbranched alkanes of at least 4 members (excludes halogenated alkanes) is 33. The zero-order valence-electron chi connectivity index (χ0n) is 64.6. The number of aliphatic carboxylic acids is 1. The van der Waals surface area contributed by atoms with Crippen molar-refractivity contribution in [2.45, 2.75) is 347 Å². The van der Waals surface area contributed by atoms with Crippen LogP contribution in [0, 0.1) is 0 Å². The van der Waals surface area contributed by atoms with Crippen molar-refractivity contribution < 1.29 is 42.9 Å². The van der Waals surface area contributed by atoms with E-state index in [0.29, 0.717) is 23.9 Å². The van der Waals surface area contributed by atoms with Crippen LogP contribution in [0.15, 0.2) is 158 Å². The summed E-state index contributed by atoms with van der Waals surface area (Å²) in [5, 5.41) is 9.77. The average Bonchev–Trinajstić information content (AvgIpc) is 1.57. The van der Waals surface area contributed by atoms with Gasteiger partial charge in [-0.1, -0.05) is 358 Å². The van der Waals surface area contributed by atoms with Gasteiger partial charge in [0.15, 0.2) is 6.10 Å². The number of rotatable bonds is 74. The number of esters is 2. The van der Waals surface area contributed by atoms with Gasteiger partial charge in [-0.3, -0.25) is 9.59 Å². The normalized spacial score (nSPS) is 13.5. The first-order valence-corrected chi connectivity index (χ1v) is 40.6. The van der Waals surface area contributed by atoms with Crippen molar-refractivity contribution >= 4 is 17.9 Å². The maximum atomic E-state index is 13.0. The number of carbonyl (C=O) groups excluding carboxylic acids is 2. The molecule has 0 spiro atoms. The van der Waals surface area contributed by atoms with Crippen molar-refractivity contribution in [1.82, 2.24) is 0 Å². The van der Waals surface area contributed by atoms with Crippen molar-refractivity contribution in [1.29, 1.82) is 0 Å². The lowest BCUT2D eigenvalue weighted by Crippen LogP contribution is -2.40. The van der Waals surface area contributed by atoms with Crippen molar-refractivity contribution in [3.63, 3.8) is 0 Å². The van der Waals surface area contributed by atoms with Gasteiger partial charge in [0, 0.05) is 12.8 Å². The minimum absolute atomic E-state index is 0.178. The lowest BCUT2D eigenvalue weighted by molar-refractivity contribution is -0.870. The molecule has 0 amide bonds. The molecule has 0 radical (unpaired) electrons. The topological polar surface area (TPSA) is 108 Å². The molecule has 0 fully saturated rings. The fourth-order valence-electron chi connectivity index (χ4n) is 11.2. The third kappa shape index (κ3) is 80.1. The first-order chi connectivity index (χ1) is 48.6. The summed E-state index contributed by atoms with van der Waals surface area (Å²) in [6.07, 6.45) is 114. The molecular formula is C90H152NO8+. The second-order valence-electron chi connectivity index (χ2n) is 28.0. The molecule has 9 heteroatoms. The van der Waals surface area contributed by atoms with Crippen LogP contribution in [0.2, 0.25) is 0 Å².